The summed E-state index contributed by atoms with van der Waals surface area (Å²) < 4.78 is 10.7. The number of aromatic nitrogens is 1. The van der Waals surface area contributed by atoms with Gasteiger partial charge in [0.2, 0.25) is 0 Å². The average Bonchev–Trinajstić information content (AvgIpc) is 3.04. The molecule has 0 saturated carbocycles. The van der Waals surface area contributed by atoms with Gasteiger partial charge in [0.15, 0.2) is 12.2 Å². The van der Waals surface area contributed by atoms with Gasteiger partial charge in [0.25, 0.3) is 0 Å². The van der Waals surface area contributed by atoms with E-state index in [0.717, 1.165) is 28.9 Å². The molecule has 0 radical (unpaired) electrons. The normalized spacial score (nSPS) is 11.5. The van der Waals surface area contributed by atoms with Crippen molar-refractivity contribution in [2.45, 2.75) is 26.2 Å². The van der Waals surface area contributed by atoms with Crippen LogP contribution < -0.4 is 4.74 Å². The number of oxazole rings is 1. The minimum absolute atomic E-state index is 0.163. The van der Waals surface area contributed by atoms with Gasteiger partial charge >= 0.3 is 5.97 Å². The summed E-state index contributed by atoms with van der Waals surface area (Å²) >= 11 is 0. The van der Waals surface area contributed by atoms with Crippen LogP contribution in [0.25, 0.3) is 11.3 Å². The van der Waals surface area contributed by atoms with Crippen LogP contribution in [0.15, 0.2) is 46.9 Å². The topological polar surface area (TPSA) is 72.6 Å². The Kier molecular flexibility index (Phi) is 5.36. The van der Waals surface area contributed by atoms with Crippen molar-refractivity contribution >= 4 is 5.97 Å². The zero-order valence-electron chi connectivity index (χ0n) is 12.7. The van der Waals surface area contributed by atoms with Crippen LogP contribution in [0.1, 0.15) is 25.3 Å². The van der Waals surface area contributed by atoms with Crippen LogP contribution in [0.4, 0.5) is 0 Å². The van der Waals surface area contributed by atoms with Crippen LogP contribution in [-0.4, -0.2) is 23.2 Å². The van der Waals surface area contributed by atoms with E-state index < -0.39 is 5.97 Å². The van der Waals surface area contributed by atoms with Crippen LogP contribution in [0, 0.1) is 0 Å². The van der Waals surface area contributed by atoms with Gasteiger partial charge in [-0.3, -0.25) is 4.79 Å². The molecule has 0 aliphatic heterocycles. The van der Waals surface area contributed by atoms with Gasteiger partial charge in [-0.2, -0.15) is 0 Å². The average molecular weight is 301 g/mol. The summed E-state index contributed by atoms with van der Waals surface area (Å²) in [7, 11) is 1.62. The molecule has 0 atom stereocenters. The van der Waals surface area contributed by atoms with E-state index in [4.69, 9.17) is 14.3 Å². The molecule has 1 heterocycles. The number of allylic oxidation sites excluding steroid dienone is 2. The van der Waals surface area contributed by atoms with E-state index in [1.807, 2.05) is 31.2 Å². The molecule has 0 unspecified atom stereocenters. The molecule has 5 nitrogen and oxygen atoms in total. The minimum atomic E-state index is -0.772. The molecule has 0 spiro atoms. The number of nitrogens with zero attached hydrogens (tertiary/aromatic N) is 1. The highest BCUT2D eigenvalue weighted by Crippen LogP contribution is 2.30. The molecule has 0 bridgehead atoms. The summed E-state index contributed by atoms with van der Waals surface area (Å²) in [5.74, 6) is 0.619. The summed E-state index contributed by atoms with van der Waals surface area (Å²) in [4.78, 5) is 14.5. The maximum Gasteiger partial charge on any atom is 0.303 e. The minimum Gasteiger partial charge on any atom is -0.496 e. The highest BCUT2D eigenvalue weighted by Gasteiger charge is 2.09. The number of carbonyl (C=O) groups is 1. The van der Waals surface area contributed by atoms with E-state index in [9.17, 15) is 4.79 Å². The second kappa shape index (κ2) is 7.45. The number of aliphatic carboxylic acids is 1. The Bertz CT molecular complexity index is 659. The van der Waals surface area contributed by atoms with E-state index in [-0.39, 0.29) is 6.42 Å². The van der Waals surface area contributed by atoms with E-state index >= 15 is 0 Å². The van der Waals surface area contributed by atoms with Crippen molar-refractivity contribution in [3.63, 3.8) is 0 Å². The molecule has 0 fully saturated rings. The second-order valence-corrected chi connectivity index (χ2v) is 5.05. The number of hydrogen-bond acceptors (Lipinski definition) is 4. The van der Waals surface area contributed by atoms with Gasteiger partial charge in [0.05, 0.1) is 18.9 Å². The van der Waals surface area contributed by atoms with Gasteiger partial charge in [0, 0.05) is 6.42 Å². The van der Waals surface area contributed by atoms with Crippen molar-refractivity contribution in [2.75, 3.05) is 7.11 Å². The fourth-order valence-corrected chi connectivity index (χ4v) is 2.11. The summed E-state index contributed by atoms with van der Waals surface area (Å²) in [6.45, 7) is 1.95. The molecule has 0 amide bonds. The number of carboxylic acid groups (broad SMARTS) is 1. The number of rotatable bonds is 7. The first-order valence-electron chi connectivity index (χ1n) is 7.03. The lowest BCUT2D eigenvalue weighted by molar-refractivity contribution is -0.136. The highest BCUT2D eigenvalue weighted by molar-refractivity contribution is 5.67. The van der Waals surface area contributed by atoms with E-state index in [1.54, 1.807) is 13.3 Å². The second-order valence-electron chi connectivity index (χ2n) is 5.05. The van der Waals surface area contributed by atoms with Crippen LogP contribution >= 0.6 is 0 Å². The molecule has 2 rings (SSSR count). The molecule has 22 heavy (non-hydrogen) atoms. The molecule has 0 saturated heterocycles. The van der Waals surface area contributed by atoms with Gasteiger partial charge in [-0.1, -0.05) is 17.7 Å². The van der Waals surface area contributed by atoms with Crippen molar-refractivity contribution in [2.24, 2.45) is 0 Å². The van der Waals surface area contributed by atoms with Gasteiger partial charge < -0.3 is 14.3 Å². The molecule has 5 heteroatoms. The lowest BCUT2D eigenvalue weighted by Gasteiger charge is -2.08. The molecule has 0 aliphatic rings. The number of hydrogen-bond donors (Lipinski definition) is 1. The van der Waals surface area contributed by atoms with Crippen molar-refractivity contribution in [1.82, 2.24) is 4.98 Å². The summed E-state index contributed by atoms with van der Waals surface area (Å²) in [6.07, 6.45) is 6.55. The van der Waals surface area contributed by atoms with Crippen LogP contribution in [0.3, 0.4) is 0 Å². The lowest BCUT2D eigenvalue weighted by Crippen LogP contribution is -1.95. The Morgan fingerprint density at radius 3 is 2.86 bits per heavy atom. The molecular formula is C17H19NO4. The third-order valence-electron chi connectivity index (χ3n) is 3.38. The Balaban J connectivity index is 2.10. The number of ether oxygens (including phenoxy) is 1. The summed E-state index contributed by atoms with van der Waals surface area (Å²) in [5.41, 5.74) is 3.02. The fraction of sp³-hybridized carbons (Fsp3) is 0.294. The first-order chi connectivity index (χ1) is 10.6. The van der Waals surface area contributed by atoms with Crippen molar-refractivity contribution in [1.29, 1.82) is 0 Å². The Morgan fingerprint density at radius 2 is 2.23 bits per heavy atom. The predicted molar refractivity (Wildman–Crippen MR) is 82.8 cm³/mol. The Morgan fingerprint density at radius 1 is 1.41 bits per heavy atom. The highest BCUT2D eigenvalue weighted by atomic mass is 16.5. The Labute approximate surface area is 129 Å². The third kappa shape index (κ3) is 4.22. The van der Waals surface area contributed by atoms with E-state index in [0.29, 0.717) is 12.2 Å². The van der Waals surface area contributed by atoms with Crippen molar-refractivity contribution < 1.29 is 19.1 Å². The molecule has 1 N–H and O–H groups in total. The fourth-order valence-electron chi connectivity index (χ4n) is 2.11. The van der Waals surface area contributed by atoms with Gasteiger partial charge in [-0.15, -0.1) is 0 Å². The van der Waals surface area contributed by atoms with Gasteiger partial charge in [-0.05, 0) is 37.5 Å². The van der Waals surface area contributed by atoms with Crippen LogP contribution in [0.2, 0.25) is 0 Å². The SMILES string of the molecule is COc1cc(C/C=C(\C)CCC(=O)O)ccc1-c1cnco1. The van der Waals surface area contributed by atoms with Gasteiger partial charge in [-0.25, -0.2) is 4.98 Å². The molecule has 2 aromatic rings. The third-order valence-corrected chi connectivity index (χ3v) is 3.38. The van der Waals surface area contributed by atoms with E-state index in [2.05, 4.69) is 4.98 Å². The molecular weight excluding hydrogens is 282 g/mol. The quantitative estimate of drug-likeness (QED) is 0.789. The number of carboxylic acids is 1. The van der Waals surface area contributed by atoms with Crippen LogP contribution in [0.5, 0.6) is 5.75 Å². The maximum atomic E-state index is 10.6. The smallest absolute Gasteiger partial charge is 0.303 e. The zero-order valence-corrected chi connectivity index (χ0v) is 12.7. The van der Waals surface area contributed by atoms with Crippen molar-refractivity contribution in [3.05, 3.63) is 48.0 Å². The molecule has 1 aromatic heterocycles. The van der Waals surface area contributed by atoms with Crippen molar-refractivity contribution in [3.8, 4) is 17.1 Å². The van der Waals surface area contributed by atoms with Gasteiger partial charge in [0.1, 0.15) is 5.75 Å². The zero-order chi connectivity index (χ0) is 15.9. The monoisotopic (exact) mass is 301 g/mol. The first-order valence-corrected chi connectivity index (χ1v) is 7.03. The lowest BCUT2D eigenvalue weighted by atomic mass is 10.0. The molecule has 0 aliphatic carbocycles. The van der Waals surface area contributed by atoms with Crippen LogP contribution in [-0.2, 0) is 11.2 Å². The Hall–Kier alpha value is -2.56. The largest absolute Gasteiger partial charge is 0.496 e. The molecule has 116 valence electrons. The number of benzene rings is 1. The number of methoxy groups -OCH3 is 1. The maximum absolute atomic E-state index is 10.6. The van der Waals surface area contributed by atoms with E-state index in [1.165, 1.54) is 6.39 Å². The first kappa shape index (κ1) is 15.8. The standard InChI is InChI=1S/C17H19NO4/c1-12(4-8-17(19)20)3-5-13-6-7-14(15(9-13)21-2)16-10-18-11-22-16/h3,6-7,9-11H,4-5,8H2,1-2H3,(H,19,20)/b12-3+. The summed E-state index contributed by atoms with van der Waals surface area (Å²) in [5, 5.41) is 8.68. The predicted octanol–water partition coefficient (Wildman–Crippen LogP) is 3.70. The molecule has 1 aromatic carbocycles. The summed E-state index contributed by atoms with van der Waals surface area (Å²) in [6, 6.07) is 5.90.